The topological polar surface area (TPSA) is 54.9 Å². The number of aromatic nitrogens is 2. The van der Waals surface area contributed by atoms with Crippen molar-refractivity contribution in [2.75, 3.05) is 5.32 Å². The van der Waals surface area contributed by atoms with Crippen LogP contribution in [0.1, 0.15) is 25.7 Å². The smallest absolute Gasteiger partial charge is 0.148 e. The van der Waals surface area contributed by atoms with Gasteiger partial charge in [0.2, 0.25) is 0 Å². The summed E-state index contributed by atoms with van der Waals surface area (Å²) >= 11 is 0. The van der Waals surface area contributed by atoms with Crippen molar-refractivity contribution in [1.29, 1.82) is 0 Å². The van der Waals surface area contributed by atoms with E-state index in [2.05, 4.69) is 15.5 Å². The highest BCUT2D eigenvalue weighted by Gasteiger charge is 2.18. The van der Waals surface area contributed by atoms with Gasteiger partial charge in [-0.05, 0) is 25.0 Å². The Hall–Kier alpha value is -1.45. The van der Waals surface area contributed by atoms with E-state index in [4.69, 9.17) is 0 Å². The van der Waals surface area contributed by atoms with Crippen LogP contribution in [0.15, 0.2) is 18.3 Å². The highest BCUT2D eigenvalue weighted by atomic mass is 16.1. The summed E-state index contributed by atoms with van der Waals surface area (Å²) in [7, 11) is 0. The molecule has 1 aliphatic rings. The fourth-order valence-corrected chi connectivity index (χ4v) is 1.67. The van der Waals surface area contributed by atoms with Crippen molar-refractivity contribution in [2.24, 2.45) is 0 Å². The lowest BCUT2D eigenvalue weighted by Gasteiger charge is -2.22. The van der Waals surface area contributed by atoms with Gasteiger partial charge in [-0.1, -0.05) is 0 Å². The van der Waals surface area contributed by atoms with E-state index in [1.165, 1.54) is 0 Å². The summed E-state index contributed by atoms with van der Waals surface area (Å²) in [6.07, 6.45) is 4.86. The summed E-state index contributed by atoms with van der Waals surface area (Å²) in [6.45, 7) is 0. The van der Waals surface area contributed by atoms with E-state index < -0.39 is 0 Å². The zero-order valence-corrected chi connectivity index (χ0v) is 7.94. The van der Waals surface area contributed by atoms with Crippen LogP contribution in [0.3, 0.4) is 0 Å². The molecule has 1 aromatic heterocycles. The van der Waals surface area contributed by atoms with Gasteiger partial charge in [0, 0.05) is 25.1 Å². The fraction of sp³-hybridized carbons (Fsp3) is 0.500. The van der Waals surface area contributed by atoms with Gasteiger partial charge in [-0.15, -0.1) is 5.10 Å². The lowest BCUT2D eigenvalue weighted by Crippen LogP contribution is -2.26. The standard InChI is InChI=1S/C10H13N3O/c14-9-5-3-8(4-6-9)12-10-2-1-7-11-13-10/h1-2,7-8H,3-6H2,(H,12,13). The molecule has 0 spiro atoms. The maximum absolute atomic E-state index is 11.0. The molecule has 14 heavy (non-hydrogen) atoms. The highest BCUT2D eigenvalue weighted by Crippen LogP contribution is 2.17. The van der Waals surface area contributed by atoms with Crippen molar-refractivity contribution >= 4 is 11.6 Å². The molecule has 0 amide bonds. The van der Waals surface area contributed by atoms with Crippen molar-refractivity contribution in [3.05, 3.63) is 18.3 Å². The normalized spacial score (nSPS) is 18.1. The minimum absolute atomic E-state index is 0.377. The van der Waals surface area contributed by atoms with Crippen LogP contribution < -0.4 is 5.32 Å². The molecule has 1 saturated carbocycles. The number of anilines is 1. The van der Waals surface area contributed by atoms with Gasteiger partial charge in [0.05, 0.1) is 0 Å². The maximum Gasteiger partial charge on any atom is 0.148 e. The van der Waals surface area contributed by atoms with Crippen molar-refractivity contribution in [2.45, 2.75) is 31.7 Å². The number of nitrogens with one attached hydrogen (secondary N) is 1. The molecule has 0 unspecified atom stereocenters. The molecule has 0 radical (unpaired) electrons. The number of carbonyl (C=O) groups is 1. The van der Waals surface area contributed by atoms with Crippen LogP contribution in [0, 0.1) is 0 Å². The molecule has 1 aromatic rings. The third-order valence-electron chi connectivity index (χ3n) is 2.47. The molecule has 0 atom stereocenters. The summed E-state index contributed by atoms with van der Waals surface area (Å²) in [5.74, 6) is 1.18. The van der Waals surface area contributed by atoms with Gasteiger partial charge < -0.3 is 5.32 Å². The molecule has 1 aliphatic carbocycles. The minimum Gasteiger partial charge on any atom is -0.366 e. The van der Waals surface area contributed by atoms with Gasteiger partial charge in [0.25, 0.3) is 0 Å². The summed E-state index contributed by atoms with van der Waals surface area (Å²) in [4.78, 5) is 11.0. The minimum atomic E-state index is 0.377. The van der Waals surface area contributed by atoms with E-state index in [-0.39, 0.29) is 0 Å². The van der Waals surface area contributed by atoms with E-state index in [0.717, 1.165) is 18.7 Å². The van der Waals surface area contributed by atoms with Crippen molar-refractivity contribution in [3.8, 4) is 0 Å². The van der Waals surface area contributed by atoms with E-state index in [9.17, 15) is 4.79 Å². The Morgan fingerprint density at radius 1 is 1.36 bits per heavy atom. The first-order valence-corrected chi connectivity index (χ1v) is 4.90. The van der Waals surface area contributed by atoms with E-state index in [0.29, 0.717) is 24.7 Å². The first-order chi connectivity index (χ1) is 6.84. The van der Waals surface area contributed by atoms with Crippen molar-refractivity contribution in [3.63, 3.8) is 0 Å². The van der Waals surface area contributed by atoms with E-state index in [1.54, 1.807) is 6.20 Å². The molecule has 0 aliphatic heterocycles. The van der Waals surface area contributed by atoms with Gasteiger partial charge in [0.1, 0.15) is 11.6 Å². The van der Waals surface area contributed by atoms with Crippen LogP contribution in [-0.4, -0.2) is 22.0 Å². The molecule has 0 saturated heterocycles. The number of carbonyl (C=O) groups excluding carboxylic acids is 1. The molecule has 1 heterocycles. The number of ketones is 1. The van der Waals surface area contributed by atoms with Crippen LogP contribution in [0.2, 0.25) is 0 Å². The van der Waals surface area contributed by atoms with E-state index in [1.807, 2.05) is 12.1 Å². The molecule has 1 N–H and O–H groups in total. The summed E-state index contributed by atoms with van der Waals surface area (Å²) in [6, 6.07) is 4.12. The van der Waals surface area contributed by atoms with Crippen LogP contribution in [0.4, 0.5) is 5.82 Å². The molecule has 2 rings (SSSR count). The van der Waals surface area contributed by atoms with Crippen LogP contribution in [0.25, 0.3) is 0 Å². The molecule has 4 nitrogen and oxygen atoms in total. The number of hydrogen-bond donors (Lipinski definition) is 1. The Morgan fingerprint density at radius 3 is 2.79 bits per heavy atom. The molecule has 4 heteroatoms. The average molecular weight is 191 g/mol. The van der Waals surface area contributed by atoms with Crippen molar-refractivity contribution in [1.82, 2.24) is 10.2 Å². The Kier molecular flexibility index (Phi) is 2.72. The van der Waals surface area contributed by atoms with Crippen LogP contribution in [-0.2, 0) is 4.79 Å². The molecular weight excluding hydrogens is 178 g/mol. The molecule has 0 bridgehead atoms. The second-order valence-electron chi connectivity index (χ2n) is 3.57. The number of hydrogen-bond acceptors (Lipinski definition) is 4. The fourth-order valence-electron chi connectivity index (χ4n) is 1.67. The summed E-state index contributed by atoms with van der Waals surface area (Å²) in [5.41, 5.74) is 0. The second-order valence-corrected chi connectivity index (χ2v) is 3.57. The number of Topliss-reactive ketones (excluding diaryl/α,β-unsaturated/α-hetero) is 1. The van der Waals surface area contributed by atoms with Gasteiger partial charge in [-0.3, -0.25) is 4.79 Å². The Morgan fingerprint density at radius 2 is 2.14 bits per heavy atom. The molecule has 0 aromatic carbocycles. The predicted octanol–water partition coefficient (Wildman–Crippen LogP) is 1.40. The summed E-state index contributed by atoms with van der Waals surface area (Å²) < 4.78 is 0. The Labute approximate surface area is 82.7 Å². The van der Waals surface area contributed by atoms with Gasteiger partial charge >= 0.3 is 0 Å². The van der Waals surface area contributed by atoms with Crippen LogP contribution in [0.5, 0.6) is 0 Å². The molecule has 74 valence electrons. The largest absolute Gasteiger partial charge is 0.366 e. The van der Waals surface area contributed by atoms with Crippen molar-refractivity contribution < 1.29 is 4.79 Å². The highest BCUT2D eigenvalue weighted by molar-refractivity contribution is 5.79. The summed E-state index contributed by atoms with van der Waals surface area (Å²) in [5, 5.41) is 11.0. The zero-order chi connectivity index (χ0) is 9.80. The SMILES string of the molecule is O=C1CCC(Nc2cccnn2)CC1. The third kappa shape index (κ3) is 2.28. The van der Waals surface area contributed by atoms with E-state index >= 15 is 0 Å². The quantitative estimate of drug-likeness (QED) is 0.767. The Bertz CT molecular complexity index is 302. The monoisotopic (exact) mass is 191 g/mol. The molecule has 1 fully saturated rings. The first-order valence-electron chi connectivity index (χ1n) is 4.90. The lowest BCUT2D eigenvalue weighted by molar-refractivity contribution is -0.120. The predicted molar refractivity (Wildman–Crippen MR) is 52.9 cm³/mol. The molecular formula is C10H13N3O. The number of nitrogens with zero attached hydrogens (tertiary/aromatic N) is 2. The maximum atomic E-state index is 11.0. The third-order valence-corrected chi connectivity index (χ3v) is 2.47. The van der Waals surface area contributed by atoms with Gasteiger partial charge in [-0.25, -0.2) is 0 Å². The number of rotatable bonds is 2. The van der Waals surface area contributed by atoms with Gasteiger partial charge in [-0.2, -0.15) is 5.10 Å². The Balaban J connectivity index is 1.89. The lowest BCUT2D eigenvalue weighted by atomic mass is 9.94. The van der Waals surface area contributed by atoms with Crippen LogP contribution >= 0.6 is 0 Å². The average Bonchev–Trinajstić information content (AvgIpc) is 2.23. The second kappa shape index (κ2) is 4.17. The zero-order valence-electron chi connectivity index (χ0n) is 7.94. The first kappa shape index (κ1) is 9.12. The van der Waals surface area contributed by atoms with Gasteiger partial charge in [0.15, 0.2) is 0 Å².